The summed E-state index contributed by atoms with van der Waals surface area (Å²) in [4.78, 5) is 11.3. The molecule has 0 unspecified atom stereocenters. The van der Waals surface area contributed by atoms with E-state index in [1.54, 1.807) is 6.20 Å². The van der Waals surface area contributed by atoms with Crippen LogP contribution in [0.5, 0.6) is 0 Å². The summed E-state index contributed by atoms with van der Waals surface area (Å²) >= 11 is 0. The lowest BCUT2D eigenvalue weighted by atomic mass is 10.0. The third-order valence-electron chi connectivity index (χ3n) is 3.15. The maximum Gasteiger partial charge on any atom is 0.228 e. The van der Waals surface area contributed by atoms with E-state index < -0.39 is 0 Å². The summed E-state index contributed by atoms with van der Waals surface area (Å²) in [7, 11) is 0. The first-order valence-corrected chi connectivity index (χ1v) is 5.93. The minimum absolute atomic E-state index is 0.0523. The molecule has 0 saturated heterocycles. The van der Waals surface area contributed by atoms with Crippen molar-refractivity contribution in [3.63, 3.8) is 0 Å². The number of fused-ring (bicyclic) bond motifs is 1. The van der Waals surface area contributed by atoms with Crippen LogP contribution in [0.3, 0.4) is 0 Å². The first kappa shape index (κ1) is 11.0. The van der Waals surface area contributed by atoms with Gasteiger partial charge in [-0.05, 0) is 29.8 Å². The number of hydrogen-bond acceptors (Lipinski definition) is 3. The number of anilines is 1. The molecule has 0 aliphatic carbocycles. The lowest BCUT2D eigenvalue weighted by Gasteiger charge is -2.04. The largest absolute Gasteiger partial charge is 0.330 e. The normalized spacial score (nSPS) is 13.5. The van der Waals surface area contributed by atoms with E-state index in [1.807, 2.05) is 18.2 Å². The van der Waals surface area contributed by atoms with Crippen molar-refractivity contribution in [2.75, 3.05) is 11.9 Å². The van der Waals surface area contributed by atoms with Gasteiger partial charge in [-0.15, -0.1) is 0 Å². The number of aromatic nitrogens is 2. The van der Waals surface area contributed by atoms with Crippen molar-refractivity contribution in [3.8, 4) is 11.1 Å². The SMILES string of the molecule is NCCc1[nH]ncc1-c1ccc2c(c1)CC(=O)N2. The molecule has 1 aliphatic rings. The van der Waals surface area contributed by atoms with Crippen molar-refractivity contribution in [1.29, 1.82) is 0 Å². The van der Waals surface area contributed by atoms with Gasteiger partial charge in [-0.1, -0.05) is 6.07 Å². The van der Waals surface area contributed by atoms with E-state index >= 15 is 0 Å². The topological polar surface area (TPSA) is 83.8 Å². The molecule has 1 aliphatic heterocycles. The Balaban J connectivity index is 2.00. The molecule has 0 radical (unpaired) electrons. The molecule has 5 heteroatoms. The lowest BCUT2D eigenvalue weighted by molar-refractivity contribution is -0.115. The number of carbonyl (C=O) groups is 1. The van der Waals surface area contributed by atoms with Crippen LogP contribution in [0.4, 0.5) is 5.69 Å². The molecule has 92 valence electrons. The highest BCUT2D eigenvalue weighted by molar-refractivity contribution is 5.99. The summed E-state index contributed by atoms with van der Waals surface area (Å²) in [5.41, 5.74) is 10.7. The number of nitrogens with two attached hydrogens (primary N) is 1. The maximum absolute atomic E-state index is 11.3. The molecule has 0 bridgehead atoms. The fraction of sp³-hybridized carbons (Fsp3) is 0.231. The van der Waals surface area contributed by atoms with Gasteiger partial charge in [0.1, 0.15) is 0 Å². The fourth-order valence-electron chi connectivity index (χ4n) is 2.29. The lowest BCUT2D eigenvalue weighted by Crippen LogP contribution is -2.04. The summed E-state index contributed by atoms with van der Waals surface area (Å²) < 4.78 is 0. The third kappa shape index (κ3) is 1.78. The molecule has 2 heterocycles. The average Bonchev–Trinajstić information content (AvgIpc) is 2.93. The number of carbonyl (C=O) groups excluding carboxylic acids is 1. The molecule has 1 aromatic heterocycles. The van der Waals surface area contributed by atoms with Crippen LogP contribution in [0.1, 0.15) is 11.3 Å². The Kier molecular flexibility index (Phi) is 2.60. The molecule has 1 amide bonds. The zero-order valence-corrected chi connectivity index (χ0v) is 9.86. The highest BCUT2D eigenvalue weighted by atomic mass is 16.1. The van der Waals surface area contributed by atoms with E-state index in [2.05, 4.69) is 15.5 Å². The molecule has 4 N–H and O–H groups in total. The Morgan fingerprint density at radius 3 is 3.11 bits per heavy atom. The number of nitrogens with zero attached hydrogens (tertiary/aromatic N) is 1. The van der Waals surface area contributed by atoms with E-state index in [0.29, 0.717) is 13.0 Å². The molecule has 5 nitrogen and oxygen atoms in total. The van der Waals surface area contributed by atoms with Crippen LogP contribution >= 0.6 is 0 Å². The standard InChI is InChI=1S/C13H14N4O/c14-4-3-12-10(7-15-17-12)8-1-2-11-9(5-8)6-13(18)16-11/h1-2,5,7H,3-4,6,14H2,(H,15,17)(H,16,18). The van der Waals surface area contributed by atoms with E-state index in [-0.39, 0.29) is 5.91 Å². The van der Waals surface area contributed by atoms with Crippen LogP contribution in [0.15, 0.2) is 24.4 Å². The number of benzene rings is 1. The number of hydrogen-bond donors (Lipinski definition) is 3. The van der Waals surface area contributed by atoms with Crippen molar-refractivity contribution in [3.05, 3.63) is 35.7 Å². The molecule has 1 aromatic carbocycles. The van der Waals surface area contributed by atoms with Gasteiger partial charge < -0.3 is 11.1 Å². The molecule has 0 atom stereocenters. The number of H-pyrrole nitrogens is 1. The smallest absolute Gasteiger partial charge is 0.228 e. The Labute approximate surface area is 104 Å². The van der Waals surface area contributed by atoms with Gasteiger partial charge in [0.15, 0.2) is 0 Å². The van der Waals surface area contributed by atoms with Crippen molar-refractivity contribution < 1.29 is 4.79 Å². The van der Waals surface area contributed by atoms with Gasteiger partial charge in [-0.25, -0.2) is 0 Å². The van der Waals surface area contributed by atoms with Crippen LogP contribution in [-0.2, 0) is 17.6 Å². The summed E-state index contributed by atoms with van der Waals surface area (Å²) in [6, 6.07) is 5.97. The van der Waals surface area contributed by atoms with Crippen molar-refractivity contribution in [1.82, 2.24) is 10.2 Å². The minimum Gasteiger partial charge on any atom is -0.330 e. The number of rotatable bonds is 3. The fourth-order valence-corrected chi connectivity index (χ4v) is 2.29. The average molecular weight is 242 g/mol. The van der Waals surface area contributed by atoms with Gasteiger partial charge in [0.25, 0.3) is 0 Å². The Bertz CT molecular complexity index is 603. The van der Waals surface area contributed by atoms with Crippen molar-refractivity contribution in [2.24, 2.45) is 5.73 Å². The van der Waals surface area contributed by atoms with Crippen LogP contribution in [-0.4, -0.2) is 22.6 Å². The van der Waals surface area contributed by atoms with E-state index in [0.717, 1.165) is 34.5 Å². The third-order valence-corrected chi connectivity index (χ3v) is 3.15. The molecule has 0 saturated carbocycles. The monoisotopic (exact) mass is 242 g/mol. The first-order chi connectivity index (χ1) is 8.78. The summed E-state index contributed by atoms with van der Waals surface area (Å²) in [6.45, 7) is 0.584. The Morgan fingerprint density at radius 2 is 2.28 bits per heavy atom. The second-order valence-corrected chi connectivity index (χ2v) is 4.40. The quantitative estimate of drug-likeness (QED) is 0.752. The van der Waals surface area contributed by atoms with Gasteiger partial charge in [-0.2, -0.15) is 5.10 Å². The predicted molar refractivity (Wildman–Crippen MR) is 69.1 cm³/mol. The van der Waals surface area contributed by atoms with E-state index in [1.165, 1.54) is 0 Å². The summed E-state index contributed by atoms with van der Waals surface area (Å²) in [6.07, 6.45) is 3.02. The molecule has 3 rings (SSSR count). The van der Waals surface area contributed by atoms with Gasteiger partial charge in [0, 0.05) is 23.4 Å². The molecular weight excluding hydrogens is 228 g/mol. The minimum atomic E-state index is 0.0523. The first-order valence-electron chi connectivity index (χ1n) is 5.93. The Morgan fingerprint density at radius 1 is 1.39 bits per heavy atom. The van der Waals surface area contributed by atoms with Crippen LogP contribution < -0.4 is 11.1 Å². The van der Waals surface area contributed by atoms with Crippen LogP contribution in [0.25, 0.3) is 11.1 Å². The zero-order chi connectivity index (χ0) is 12.5. The Hall–Kier alpha value is -2.14. The van der Waals surface area contributed by atoms with E-state index in [4.69, 9.17) is 5.73 Å². The second-order valence-electron chi connectivity index (χ2n) is 4.40. The molecule has 2 aromatic rings. The second kappa shape index (κ2) is 4.27. The highest BCUT2D eigenvalue weighted by Crippen LogP contribution is 2.30. The molecule has 18 heavy (non-hydrogen) atoms. The number of aromatic amines is 1. The van der Waals surface area contributed by atoms with Gasteiger partial charge in [-0.3, -0.25) is 9.89 Å². The van der Waals surface area contributed by atoms with Gasteiger partial charge in [0.2, 0.25) is 5.91 Å². The van der Waals surface area contributed by atoms with Crippen LogP contribution in [0, 0.1) is 0 Å². The van der Waals surface area contributed by atoms with Gasteiger partial charge in [0.05, 0.1) is 12.6 Å². The highest BCUT2D eigenvalue weighted by Gasteiger charge is 2.18. The van der Waals surface area contributed by atoms with Crippen molar-refractivity contribution >= 4 is 11.6 Å². The van der Waals surface area contributed by atoms with Gasteiger partial charge >= 0.3 is 0 Å². The summed E-state index contributed by atoms with van der Waals surface area (Å²) in [5.74, 6) is 0.0523. The zero-order valence-electron chi connectivity index (χ0n) is 9.86. The number of nitrogens with one attached hydrogen (secondary N) is 2. The maximum atomic E-state index is 11.3. The predicted octanol–water partition coefficient (Wildman–Crippen LogP) is 1.07. The number of amides is 1. The van der Waals surface area contributed by atoms with Crippen LogP contribution in [0.2, 0.25) is 0 Å². The summed E-state index contributed by atoms with van der Waals surface area (Å²) in [5, 5.41) is 9.86. The molecule has 0 fully saturated rings. The van der Waals surface area contributed by atoms with E-state index in [9.17, 15) is 4.79 Å². The van der Waals surface area contributed by atoms with Crippen molar-refractivity contribution in [2.45, 2.75) is 12.8 Å². The molecule has 0 spiro atoms. The molecular formula is C13H14N4O.